The van der Waals surface area contributed by atoms with E-state index >= 15 is 0 Å². The molecular formula is C13H19NO3S. The molecule has 1 fully saturated rings. The average Bonchev–Trinajstić information content (AvgIpc) is 2.85. The topological polar surface area (TPSA) is 66.4 Å². The Morgan fingerprint density at radius 3 is 2.50 bits per heavy atom. The van der Waals surface area contributed by atoms with Crippen LogP contribution in [0.5, 0.6) is 0 Å². The van der Waals surface area contributed by atoms with Gasteiger partial charge in [-0.05, 0) is 36.8 Å². The van der Waals surface area contributed by atoms with E-state index in [2.05, 4.69) is 4.72 Å². The van der Waals surface area contributed by atoms with E-state index in [1.807, 2.05) is 0 Å². The molecule has 0 aromatic heterocycles. The molecule has 1 aliphatic rings. The Morgan fingerprint density at radius 2 is 1.83 bits per heavy atom. The molecule has 1 aliphatic carbocycles. The molecule has 0 aliphatic heterocycles. The van der Waals surface area contributed by atoms with Gasteiger partial charge >= 0.3 is 0 Å². The first-order valence-corrected chi connectivity index (χ1v) is 7.77. The molecule has 0 amide bonds. The maximum atomic E-state index is 12.0. The molecule has 1 aromatic rings. The van der Waals surface area contributed by atoms with Gasteiger partial charge in [0.1, 0.15) is 0 Å². The number of nitrogens with one attached hydrogen (secondary N) is 1. The molecule has 5 heteroatoms. The zero-order chi connectivity index (χ0) is 13.0. The van der Waals surface area contributed by atoms with Crippen molar-refractivity contribution in [2.45, 2.75) is 24.2 Å². The average molecular weight is 269 g/mol. The van der Waals surface area contributed by atoms with E-state index in [1.54, 1.807) is 30.3 Å². The first-order chi connectivity index (χ1) is 8.63. The van der Waals surface area contributed by atoms with Crippen molar-refractivity contribution in [1.29, 1.82) is 0 Å². The summed E-state index contributed by atoms with van der Waals surface area (Å²) in [6.45, 7) is 0.570. The molecular weight excluding hydrogens is 250 g/mol. The fraction of sp³-hybridized carbons (Fsp3) is 0.538. The lowest BCUT2D eigenvalue weighted by Gasteiger charge is -2.17. The van der Waals surface area contributed by atoms with Crippen LogP contribution in [0.3, 0.4) is 0 Å². The van der Waals surface area contributed by atoms with E-state index in [-0.39, 0.29) is 18.4 Å². The van der Waals surface area contributed by atoms with Gasteiger partial charge in [-0.15, -0.1) is 0 Å². The lowest BCUT2D eigenvalue weighted by Crippen LogP contribution is -2.31. The molecule has 2 unspecified atom stereocenters. The summed E-state index contributed by atoms with van der Waals surface area (Å²) in [5.74, 6) is 0.497. The Morgan fingerprint density at radius 1 is 1.17 bits per heavy atom. The number of aliphatic hydroxyl groups excluding tert-OH is 1. The maximum absolute atomic E-state index is 12.0. The fourth-order valence-electron chi connectivity index (χ4n) is 2.52. The highest BCUT2D eigenvalue weighted by molar-refractivity contribution is 7.89. The van der Waals surface area contributed by atoms with Gasteiger partial charge in [-0.3, -0.25) is 0 Å². The van der Waals surface area contributed by atoms with E-state index in [9.17, 15) is 13.5 Å². The van der Waals surface area contributed by atoms with Gasteiger partial charge in [0.25, 0.3) is 0 Å². The molecule has 18 heavy (non-hydrogen) atoms. The molecule has 1 aromatic carbocycles. The van der Waals surface area contributed by atoms with E-state index < -0.39 is 10.0 Å². The second-order valence-electron chi connectivity index (χ2n) is 4.80. The molecule has 0 radical (unpaired) electrons. The Bertz CT molecular complexity index is 472. The molecule has 4 nitrogen and oxygen atoms in total. The van der Waals surface area contributed by atoms with Crippen molar-refractivity contribution < 1.29 is 13.5 Å². The SMILES string of the molecule is O=S(=O)(NCC1CCCC1CO)c1ccccc1. The van der Waals surface area contributed by atoms with Gasteiger partial charge < -0.3 is 5.11 Å². The second-order valence-corrected chi connectivity index (χ2v) is 6.57. The number of hydrogen-bond donors (Lipinski definition) is 2. The predicted molar refractivity (Wildman–Crippen MR) is 69.5 cm³/mol. The first-order valence-electron chi connectivity index (χ1n) is 6.29. The van der Waals surface area contributed by atoms with E-state index in [4.69, 9.17) is 0 Å². The second kappa shape index (κ2) is 5.82. The first kappa shape index (κ1) is 13.5. The number of benzene rings is 1. The van der Waals surface area contributed by atoms with Crippen molar-refractivity contribution >= 4 is 10.0 Å². The molecule has 2 rings (SSSR count). The zero-order valence-corrected chi connectivity index (χ0v) is 11.1. The van der Waals surface area contributed by atoms with Crippen LogP contribution in [0, 0.1) is 11.8 Å². The van der Waals surface area contributed by atoms with Crippen molar-refractivity contribution in [2.75, 3.05) is 13.2 Å². The van der Waals surface area contributed by atoms with Crippen LogP contribution in [0.2, 0.25) is 0 Å². The minimum absolute atomic E-state index is 0.151. The normalized spacial score (nSPS) is 24.3. The highest BCUT2D eigenvalue weighted by Crippen LogP contribution is 2.30. The standard InChI is InChI=1S/C13H19NO3S/c15-10-12-6-4-5-11(12)9-14-18(16,17)13-7-2-1-3-8-13/h1-3,7-8,11-12,14-15H,4-6,9-10H2. The van der Waals surface area contributed by atoms with Gasteiger partial charge in [0.2, 0.25) is 10.0 Å². The van der Waals surface area contributed by atoms with Gasteiger partial charge in [-0.25, -0.2) is 13.1 Å². The third kappa shape index (κ3) is 3.10. The summed E-state index contributed by atoms with van der Waals surface area (Å²) in [4.78, 5) is 0.295. The van der Waals surface area contributed by atoms with Crippen LogP contribution < -0.4 is 4.72 Å². The monoisotopic (exact) mass is 269 g/mol. The summed E-state index contributed by atoms with van der Waals surface area (Å²) < 4.78 is 26.7. The number of sulfonamides is 1. The smallest absolute Gasteiger partial charge is 0.240 e. The largest absolute Gasteiger partial charge is 0.396 e. The molecule has 100 valence electrons. The summed E-state index contributed by atoms with van der Waals surface area (Å²) in [5, 5.41) is 9.21. The number of aliphatic hydroxyl groups is 1. The van der Waals surface area contributed by atoms with Gasteiger partial charge in [0.05, 0.1) is 4.90 Å². The molecule has 0 bridgehead atoms. The van der Waals surface area contributed by atoms with Crippen molar-refractivity contribution in [3.05, 3.63) is 30.3 Å². The fourth-order valence-corrected chi connectivity index (χ4v) is 3.64. The van der Waals surface area contributed by atoms with Gasteiger partial charge in [0.15, 0.2) is 0 Å². The summed E-state index contributed by atoms with van der Waals surface area (Å²) in [6.07, 6.45) is 3.06. The van der Waals surface area contributed by atoms with Crippen molar-refractivity contribution in [3.8, 4) is 0 Å². The molecule has 0 saturated heterocycles. The predicted octanol–water partition coefficient (Wildman–Crippen LogP) is 1.37. The number of rotatable bonds is 5. The minimum Gasteiger partial charge on any atom is -0.396 e. The van der Waals surface area contributed by atoms with E-state index in [1.165, 1.54) is 0 Å². The Balaban J connectivity index is 1.98. The molecule has 0 heterocycles. The van der Waals surface area contributed by atoms with Crippen LogP contribution in [0.4, 0.5) is 0 Å². The van der Waals surface area contributed by atoms with Crippen molar-refractivity contribution in [1.82, 2.24) is 4.72 Å². The lowest BCUT2D eigenvalue weighted by molar-refractivity contribution is 0.195. The Kier molecular flexibility index (Phi) is 4.37. The van der Waals surface area contributed by atoms with Crippen LogP contribution in [-0.2, 0) is 10.0 Å². The summed E-state index contributed by atoms with van der Waals surface area (Å²) in [5.41, 5.74) is 0. The Hall–Kier alpha value is -0.910. The van der Waals surface area contributed by atoms with Gasteiger partial charge in [-0.1, -0.05) is 24.6 Å². The third-order valence-electron chi connectivity index (χ3n) is 3.64. The summed E-state index contributed by atoms with van der Waals surface area (Å²) in [6, 6.07) is 8.38. The summed E-state index contributed by atoms with van der Waals surface area (Å²) in [7, 11) is -3.41. The van der Waals surface area contributed by atoms with E-state index in [0.29, 0.717) is 11.4 Å². The van der Waals surface area contributed by atoms with E-state index in [0.717, 1.165) is 19.3 Å². The maximum Gasteiger partial charge on any atom is 0.240 e. The van der Waals surface area contributed by atoms with Crippen LogP contribution in [0.1, 0.15) is 19.3 Å². The van der Waals surface area contributed by atoms with Gasteiger partial charge in [0, 0.05) is 13.2 Å². The van der Waals surface area contributed by atoms with Crippen LogP contribution >= 0.6 is 0 Å². The molecule has 2 N–H and O–H groups in total. The van der Waals surface area contributed by atoms with Crippen LogP contribution in [0.25, 0.3) is 0 Å². The van der Waals surface area contributed by atoms with Crippen molar-refractivity contribution in [3.63, 3.8) is 0 Å². The zero-order valence-electron chi connectivity index (χ0n) is 10.2. The minimum atomic E-state index is -3.41. The highest BCUT2D eigenvalue weighted by Gasteiger charge is 2.27. The summed E-state index contributed by atoms with van der Waals surface area (Å²) >= 11 is 0. The molecule has 0 spiro atoms. The molecule has 1 saturated carbocycles. The van der Waals surface area contributed by atoms with Crippen molar-refractivity contribution in [2.24, 2.45) is 11.8 Å². The highest BCUT2D eigenvalue weighted by atomic mass is 32.2. The Labute approximate surface area is 108 Å². The van der Waals surface area contributed by atoms with Crippen LogP contribution in [-0.4, -0.2) is 26.7 Å². The van der Waals surface area contributed by atoms with Gasteiger partial charge in [-0.2, -0.15) is 0 Å². The quantitative estimate of drug-likeness (QED) is 0.848. The molecule has 2 atom stereocenters. The number of hydrogen-bond acceptors (Lipinski definition) is 3. The third-order valence-corrected chi connectivity index (χ3v) is 5.08. The van der Waals surface area contributed by atoms with Crippen LogP contribution in [0.15, 0.2) is 35.2 Å². The lowest BCUT2D eigenvalue weighted by atomic mass is 9.97.